The Labute approximate surface area is 153 Å². The van der Waals surface area contributed by atoms with Crippen LogP contribution in [0.3, 0.4) is 0 Å². The topological polar surface area (TPSA) is 53.5 Å². The highest BCUT2D eigenvalue weighted by Crippen LogP contribution is 2.30. The molecule has 2 bridgehead atoms. The van der Waals surface area contributed by atoms with Gasteiger partial charge in [-0.05, 0) is 49.9 Å². The van der Waals surface area contributed by atoms with E-state index < -0.39 is 0 Å². The third-order valence-electron chi connectivity index (χ3n) is 5.41. The zero-order valence-corrected chi connectivity index (χ0v) is 15.0. The zero-order valence-electron chi connectivity index (χ0n) is 15.0. The minimum absolute atomic E-state index is 0.0349. The van der Waals surface area contributed by atoms with Gasteiger partial charge in [-0.2, -0.15) is 0 Å². The monoisotopic (exact) mass is 349 g/mol. The molecule has 0 saturated carbocycles. The highest BCUT2D eigenvalue weighted by Gasteiger charge is 2.39. The molecular formula is C21H23N3O2. The molecular weight excluding hydrogens is 326 g/mol. The predicted octanol–water partition coefficient (Wildman–Crippen LogP) is 2.77. The van der Waals surface area contributed by atoms with E-state index in [0.717, 1.165) is 30.5 Å². The zero-order chi connectivity index (χ0) is 18.1. The SMILES string of the molecule is Cc1cccc(C(=O)N2CC3CCC2CN(C(=O)c2ccccn2)C3)c1. The van der Waals surface area contributed by atoms with Gasteiger partial charge in [-0.3, -0.25) is 14.6 Å². The summed E-state index contributed by atoms with van der Waals surface area (Å²) in [4.78, 5) is 33.9. The van der Waals surface area contributed by atoms with Crippen LogP contribution in [0.1, 0.15) is 39.3 Å². The van der Waals surface area contributed by atoms with Crippen molar-refractivity contribution in [2.75, 3.05) is 19.6 Å². The maximum atomic E-state index is 13.1. The molecule has 0 N–H and O–H groups in total. The van der Waals surface area contributed by atoms with Crippen molar-refractivity contribution in [2.24, 2.45) is 5.92 Å². The molecule has 0 aliphatic carbocycles. The number of hydrogen-bond donors (Lipinski definition) is 0. The van der Waals surface area contributed by atoms with Crippen molar-refractivity contribution < 1.29 is 9.59 Å². The van der Waals surface area contributed by atoms with Crippen LogP contribution in [-0.2, 0) is 0 Å². The van der Waals surface area contributed by atoms with Gasteiger partial charge in [-0.1, -0.05) is 23.8 Å². The Hall–Kier alpha value is -2.69. The number of nitrogens with zero attached hydrogens (tertiary/aromatic N) is 3. The van der Waals surface area contributed by atoms with Crippen LogP contribution < -0.4 is 0 Å². The fraction of sp³-hybridized carbons (Fsp3) is 0.381. The van der Waals surface area contributed by atoms with Gasteiger partial charge >= 0.3 is 0 Å². The lowest BCUT2D eigenvalue weighted by molar-refractivity contribution is 0.0574. The number of carbonyl (C=O) groups is 2. The molecule has 5 heteroatoms. The molecule has 5 nitrogen and oxygen atoms in total. The molecule has 1 aromatic heterocycles. The Morgan fingerprint density at radius 2 is 1.88 bits per heavy atom. The highest BCUT2D eigenvalue weighted by atomic mass is 16.2. The fourth-order valence-electron chi connectivity index (χ4n) is 4.09. The number of hydrogen-bond acceptors (Lipinski definition) is 3. The van der Waals surface area contributed by atoms with Gasteiger partial charge in [-0.25, -0.2) is 0 Å². The van der Waals surface area contributed by atoms with Crippen molar-refractivity contribution in [3.05, 3.63) is 65.5 Å². The summed E-state index contributed by atoms with van der Waals surface area (Å²) in [5, 5.41) is 0. The number of benzene rings is 1. The molecule has 26 heavy (non-hydrogen) atoms. The Bertz CT molecular complexity index is 821. The average molecular weight is 349 g/mol. The summed E-state index contributed by atoms with van der Waals surface area (Å²) in [6.45, 7) is 4.01. The van der Waals surface area contributed by atoms with Gasteiger partial charge in [-0.15, -0.1) is 0 Å². The first-order valence-corrected chi connectivity index (χ1v) is 9.20. The molecule has 3 aliphatic rings. The van der Waals surface area contributed by atoms with Crippen LogP contribution >= 0.6 is 0 Å². The Kier molecular flexibility index (Phi) is 4.45. The van der Waals surface area contributed by atoms with Gasteiger partial charge < -0.3 is 9.80 Å². The van der Waals surface area contributed by atoms with Gasteiger partial charge in [0.15, 0.2) is 0 Å². The lowest BCUT2D eigenvalue weighted by Gasteiger charge is -2.36. The molecule has 3 fully saturated rings. The lowest BCUT2D eigenvalue weighted by atomic mass is 9.94. The highest BCUT2D eigenvalue weighted by molar-refractivity contribution is 5.95. The van der Waals surface area contributed by atoms with Crippen molar-refractivity contribution in [3.8, 4) is 0 Å². The Morgan fingerprint density at radius 1 is 1.00 bits per heavy atom. The first-order valence-electron chi connectivity index (χ1n) is 9.20. The number of fused-ring (bicyclic) bond motifs is 4. The van der Waals surface area contributed by atoms with E-state index >= 15 is 0 Å². The molecule has 2 amide bonds. The summed E-state index contributed by atoms with van der Waals surface area (Å²) in [7, 11) is 0. The van der Waals surface area contributed by atoms with Gasteiger partial charge in [0.05, 0.1) is 0 Å². The number of aryl methyl sites for hydroxylation is 1. The lowest BCUT2D eigenvalue weighted by Crippen LogP contribution is -2.47. The maximum Gasteiger partial charge on any atom is 0.272 e. The second kappa shape index (κ2) is 6.90. The molecule has 3 saturated heterocycles. The Balaban J connectivity index is 1.55. The molecule has 0 radical (unpaired) electrons. The fourth-order valence-corrected chi connectivity index (χ4v) is 4.09. The first-order chi connectivity index (χ1) is 12.6. The van der Waals surface area contributed by atoms with E-state index in [1.807, 2.05) is 53.1 Å². The van der Waals surface area contributed by atoms with Crippen molar-refractivity contribution >= 4 is 11.8 Å². The summed E-state index contributed by atoms with van der Waals surface area (Å²) in [5.74, 6) is 0.373. The minimum Gasteiger partial charge on any atom is -0.335 e. The minimum atomic E-state index is -0.0349. The molecule has 3 aliphatic heterocycles. The van der Waals surface area contributed by atoms with E-state index in [4.69, 9.17) is 0 Å². The summed E-state index contributed by atoms with van der Waals surface area (Å²) in [6, 6.07) is 13.2. The van der Waals surface area contributed by atoms with E-state index in [0.29, 0.717) is 24.7 Å². The van der Waals surface area contributed by atoms with Crippen molar-refractivity contribution in [1.29, 1.82) is 0 Å². The number of aromatic nitrogens is 1. The van der Waals surface area contributed by atoms with Crippen LogP contribution in [0.4, 0.5) is 0 Å². The Morgan fingerprint density at radius 3 is 2.65 bits per heavy atom. The largest absolute Gasteiger partial charge is 0.335 e. The average Bonchev–Trinajstić information content (AvgIpc) is 2.99. The standard InChI is InChI=1S/C21H23N3O2/c1-15-5-4-6-17(11-15)20(25)24-13-16-8-9-18(24)14-23(12-16)21(26)19-7-2-3-10-22-19/h2-7,10-11,16,18H,8-9,12-14H2,1H3. The van der Waals surface area contributed by atoms with Crippen molar-refractivity contribution in [1.82, 2.24) is 14.8 Å². The summed E-state index contributed by atoms with van der Waals surface area (Å²) in [6.07, 6.45) is 3.66. The van der Waals surface area contributed by atoms with Gasteiger partial charge in [0.1, 0.15) is 5.69 Å². The normalized spacial score (nSPS) is 22.2. The molecule has 4 heterocycles. The van der Waals surface area contributed by atoms with Crippen LogP contribution in [0.5, 0.6) is 0 Å². The first kappa shape index (κ1) is 16.8. The third-order valence-corrected chi connectivity index (χ3v) is 5.41. The van der Waals surface area contributed by atoms with E-state index in [-0.39, 0.29) is 17.9 Å². The number of piperidine rings is 1. The van der Waals surface area contributed by atoms with Gasteiger partial charge in [0.25, 0.3) is 11.8 Å². The maximum absolute atomic E-state index is 13.1. The van der Waals surface area contributed by atoms with Crippen molar-refractivity contribution in [2.45, 2.75) is 25.8 Å². The number of amides is 2. The molecule has 0 spiro atoms. The van der Waals surface area contributed by atoms with E-state index in [2.05, 4.69) is 4.98 Å². The van der Waals surface area contributed by atoms with Crippen molar-refractivity contribution in [3.63, 3.8) is 0 Å². The summed E-state index contributed by atoms with van der Waals surface area (Å²) >= 11 is 0. The number of rotatable bonds is 2. The smallest absolute Gasteiger partial charge is 0.272 e. The molecule has 2 aromatic rings. The molecule has 1 aromatic carbocycles. The summed E-state index contributed by atoms with van der Waals surface area (Å²) in [5.41, 5.74) is 2.30. The van der Waals surface area contributed by atoms with E-state index in [1.165, 1.54) is 0 Å². The quantitative estimate of drug-likeness (QED) is 0.838. The van der Waals surface area contributed by atoms with Crippen LogP contribution in [0.2, 0.25) is 0 Å². The second-order valence-electron chi connectivity index (χ2n) is 7.35. The molecule has 2 unspecified atom stereocenters. The van der Waals surface area contributed by atoms with Crippen LogP contribution in [0.25, 0.3) is 0 Å². The predicted molar refractivity (Wildman–Crippen MR) is 98.9 cm³/mol. The number of carbonyl (C=O) groups excluding carboxylic acids is 2. The van der Waals surface area contributed by atoms with Crippen LogP contribution in [0.15, 0.2) is 48.7 Å². The van der Waals surface area contributed by atoms with E-state index in [1.54, 1.807) is 12.3 Å². The van der Waals surface area contributed by atoms with Gasteiger partial charge in [0.2, 0.25) is 0 Å². The third kappa shape index (κ3) is 3.21. The molecule has 134 valence electrons. The second-order valence-corrected chi connectivity index (χ2v) is 7.35. The molecule has 2 atom stereocenters. The van der Waals surface area contributed by atoms with E-state index in [9.17, 15) is 9.59 Å². The van der Waals surface area contributed by atoms with Gasteiger partial charge in [0, 0.05) is 37.4 Å². The van der Waals surface area contributed by atoms with Crippen LogP contribution in [0, 0.1) is 12.8 Å². The summed E-state index contributed by atoms with van der Waals surface area (Å²) < 4.78 is 0. The number of pyridine rings is 1. The van der Waals surface area contributed by atoms with Crippen LogP contribution in [-0.4, -0.2) is 52.3 Å². The molecule has 5 rings (SSSR count).